The zero-order valence-corrected chi connectivity index (χ0v) is 13.0. The smallest absolute Gasteiger partial charge is 0.220 e. The van der Waals surface area contributed by atoms with Gasteiger partial charge in [-0.1, -0.05) is 11.2 Å². The highest BCUT2D eigenvalue weighted by Crippen LogP contribution is 2.41. The van der Waals surface area contributed by atoms with E-state index in [-0.39, 0.29) is 11.9 Å². The number of oxime groups is 1. The molecule has 0 fully saturated rings. The van der Waals surface area contributed by atoms with E-state index in [0.29, 0.717) is 18.6 Å². The Morgan fingerprint density at radius 2 is 1.91 bits per heavy atom. The lowest BCUT2D eigenvalue weighted by Crippen LogP contribution is -2.22. The quantitative estimate of drug-likeness (QED) is 0.663. The number of aromatic nitrogens is 2. The van der Waals surface area contributed by atoms with E-state index in [1.807, 2.05) is 18.2 Å². The molecular weight excluding hydrogens is 296 g/mol. The number of rotatable bonds is 3. The van der Waals surface area contributed by atoms with Gasteiger partial charge in [0.1, 0.15) is 11.5 Å². The van der Waals surface area contributed by atoms with Crippen molar-refractivity contribution in [3.63, 3.8) is 0 Å². The fourth-order valence-corrected chi connectivity index (χ4v) is 3.06. The first-order valence-corrected chi connectivity index (χ1v) is 7.21. The van der Waals surface area contributed by atoms with E-state index in [2.05, 4.69) is 15.1 Å². The summed E-state index contributed by atoms with van der Waals surface area (Å²) >= 11 is 0. The summed E-state index contributed by atoms with van der Waals surface area (Å²) in [4.78, 5) is 8.27. The second-order valence-electron chi connectivity index (χ2n) is 5.32. The highest BCUT2D eigenvalue weighted by Gasteiger charge is 2.30. The van der Waals surface area contributed by atoms with Crippen LogP contribution in [0.1, 0.15) is 29.2 Å². The van der Waals surface area contributed by atoms with Crippen LogP contribution in [0.5, 0.6) is 11.5 Å². The van der Waals surface area contributed by atoms with Crippen molar-refractivity contribution < 1.29 is 14.7 Å². The lowest BCUT2D eigenvalue weighted by Gasteiger charge is -2.27. The molecule has 0 saturated heterocycles. The number of fused-ring (bicyclic) bond motifs is 1. The van der Waals surface area contributed by atoms with Gasteiger partial charge in [-0.05, 0) is 18.6 Å². The number of ether oxygens (including phenoxy) is 2. The third-order valence-corrected chi connectivity index (χ3v) is 4.07. The standard InChI is InChI=1S/C16H18N4O3/c1-22-13-4-3-5-14(23-2)15(13)9-6-11-10(12(7-9)20-21)8-18-16(17)19-11/h3-5,8-9,21H,6-7H2,1-2H3,(H2,17,18,19)/b20-12-. The van der Waals surface area contributed by atoms with Crippen molar-refractivity contribution >= 4 is 11.7 Å². The van der Waals surface area contributed by atoms with Crippen molar-refractivity contribution in [2.24, 2.45) is 5.16 Å². The summed E-state index contributed by atoms with van der Waals surface area (Å²) in [5.74, 6) is 1.68. The van der Waals surface area contributed by atoms with Gasteiger partial charge >= 0.3 is 0 Å². The first-order chi connectivity index (χ1) is 11.2. The van der Waals surface area contributed by atoms with Gasteiger partial charge in [-0.25, -0.2) is 9.97 Å². The Bertz CT molecular complexity index is 739. The Morgan fingerprint density at radius 1 is 1.22 bits per heavy atom. The average molecular weight is 314 g/mol. The molecular formula is C16H18N4O3. The Hall–Kier alpha value is -2.83. The molecule has 1 aliphatic rings. The van der Waals surface area contributed by atoms with Gasteiger partial charge in [0, 0.05) is 29.7 Å². The van der Waals surface area contributed by atoms with Gasteiger partial charge in [-0.15, -0.1) is 0 Å². The van der Waals surface area contributed by atoms with E-state index in [0.717, 1.165) is 28.3 Å². The molecule has 0 bridgehead atoms. The molecule has 0 radical (unpaired) electrons. The predicted octanol–water partition coefficient (Wildman–Crippen LogP) is 1.98. The molecule has 23 heavy (non-hydrogen) atoms. The van der Waals surface area contributed by atoms with Gasteiger partial charge in [-0.2, -0.15) is 0 Å². The van der Waals surface area contributed by atoms with Crippen LogP contribution in [-0.4, -0.2) is 35.1 Å². The molecule has 1 atom stereocenters. The molecule has 1 unspecified atom stereocenters. The van der Waals surface area contributed by atoms with Crippen LogP contribution >= 0.6 is 0 Å². The van der Waals surface area contributed by atoms with Crippen LogP contribution in [0.15, 0.2) is 29.6 Å². The largest absolute Gasteiger partial charge is 0.496 e. The number of methoxy groups -OCH3 is 2. The van der Waals surface area contributed by atoms with Crippen LogP contribution in [0.3, 0.4) is 0 Å². The third kappa shape index (κ3) is 2.65. The van der Waals surface area contributed by atoms with E-state index in [1.54, 1.807) is 20.4 Å². The summed E-state index contributed by atoms with van der Waals surface area (Å²) in [5.41, 5.74) is 8.64. The summed E-state index contributed by atoms with van der Waals surface area (Å²) in [6, 6.07) is 5.65. The fraction of sp³-hybridized carbons (Fsp3) is 0.312. The second-order valence-corrected chi connectivity index (χ2v) is 5.32. The topological polar surface area (TPSA) is 103 Å². The van der Waals surface area contributed by atoms with E-state index >= 15 is 0 Å². The molecule has 3 rings (SSSR count). The first-order valence-electron chi connectivity index (χ1n) is 7.21. The third-order valence-electron chi connectivity index (χ3n) is 4.07. The molecule has 0 spiro atoms. The van der Waals surface area contributed by atoms with Crippen molar-refractivity contribution in [2.75, 3.05) is 20.0 Å². The van der Waals surface area contributed by atoms with E-state index < -0.39 is 0 Å². The normalized spacial score (nSPS) is 18.5. The zero-order valence-electron chi connectivity index (χ0n) is 13.0. The van der Waals surface area contributed by atoms with E-state index in [1.165, 1.54) is 0 Å². The molecule has 7 heteroatoms. The average Bonchev–Trinajstić information content (AvgIpc) is 2.59. The predicted molar refractivity (Wildman–Crippen MR) is 85.4 cm³/mol. The number of nitrogens with two attached hydrogens (primary N) is 1. The monoisotopic (exact) mass is 314 g/mol. The SMILES string of the molecule is COc1cccc(OC)c1C1C/C(=N/O)c2cnc(N)nc2C1. The van der Waals surface area contributed by atoms with Crippen LogP contribution in [0, 0.1) is 0 Å². The summed E-state index contributed by atoms with van der Waals surface area (Å²) in [5, 5.41) is 12.8. The number of hydrogen-bond donors (Lipinski definition) is 2. The van der Waals surface area contributed by atoms with Crippen LogP contribution in [0.2, 0.25) is 0 Å². The minimum atomic E-state index is 0.00815. The van der Waals surface area contributed by atoms with Crippen molar-refractivity contribution in [1.82, 2.24) is 9.97 Å². The molecule has 7 nitrogen and oxygen atoms in total. The van der Waals surface area contributed by atoms with Gasteiger partial charge in [0.2, 0.25) is 5.95 Å². The van der Waals surface area contributed by atoms with E-state index in [9.17, 15) is 5.21 Å². The van der Waals surface area contributed by atoms with Gasteiger partial charge in [0.15, 0.2) is 0 Å². The number of nitrogens with zero attached hydrogens (tertiary/aromatic N) is 3. The van der Waals surface area contributed by atoms with Gasteiger partial charge in [0.25, 0.3) is 0 Å². The van der Waals surface area contributed by atoms with E-state index in [4.69, 9.17) is 15.2 Å². The maximum atomic E-state index is 9.36. The lowest BCUT2D eigenvalue weighted by atomic mass is 9.81. The number of benzene rings is 1. The Kier molecular flexibility index (Phi) is 4.01. The molecule has 1 aromatic carbocycles. The number of nitrogen functional groups attached to an aromatic ring is 1. The van der Waals surface area contributed by atoms with Gasteiger partial charge in [0.05, 0.1) is 25.6 Å². The highest BCUT2D eigenvalue weighted by molar-refractivity contribution is 6.02. The fourth-order valence-electron chi connectivity index (χ4n) is 3.06. The maximum absolute atomic E-state index is 9.36. The molecule has 120 valence electrons. The molecule has 1 heterocycles. The molecule has 0 aliphatic heterocycles. The molecule has 0 amide bonds. The Balaban J connectivity index is 2.10. The van der Waals surface area contributed by atoms with Crippen LogP contribution in [0.25, 0.3) is 0 Å². The van der Waals surface area contributed by atoms with Gasteiger partial charge in [-0.3, -0.25) is 0 Å². The van der Waals surface area contributed by atoms with Crippen molar-refractivity contribution in [3.05, 3.63) is 41.2 Å². The molecule has 1 aromatic heterocycles. The molecule has 0 saturated carbocycles. The van der Waals surface area contributed by atoms with Crippen LogP contribution < -0.4 is 15.2 Å². The minimum absolute atomic E-state index is 0.00815. The van der Waals surface area contributed by atoms with Crippen LogP contribution in [-0.2, 0) is 6.42 Å². The molecule has 3 N–H and O–H groups in total. The summed E-state index contributed by atoms with van der Waals surface area (Å²) in [6.45, 7) is 0. The lowest BCUT2D eigenvalue weighted by molar-refractivity contribution is 0.316. The molecule has 2 aromatic rings. The minimum Gasteiger partial charge on any atom is -0.496 e. The highest BCUT2D eigenvalue weighted by atomic mass is 16.5. The Labute approximate surface area is 133 Å². The second kappa shape index (κ2) is 6.12. The Morgan fingerprint density at radius 3 is 2.52 bits per heavy atom. The summed E-state index contributed by atoms with van der Waals surface area (Å²) < 4.78 is 11.0. The maximum Gasteiger partial charge on any atom is 0.220 e. The zero-order chi connectivity index (χ0) is 16.4. The van der Waals surface area contributed by atoms with Gasteiger partial charge < -0.3 is 20.4 Å². The molecule has 1 aliphatic carbocycles. The van der Waals surface area contributed by atoms with Crippen molar-refractivity contribution in [1.29, 1.82) is 0 Å². The van der Waals surface area contributed by atoms with Crippen molar-refractivity contribution in [3.8, 4) is 11.5 Å². The summed E-state index contributed by atoms with van der Waals surface area (Å²) in [7, 11) is 3.24. The summed E-state index contributed by atoms with van der Waals surface area (Å²) in [6.07, 6.45) is 2.77. The van der Waals surface area contributed by atoms with Crippen LogP contribution in [0.4, 0.5) is 5.95 Å². The van der Waals surface area contributed by atoms with Crippen molar-refractivity contribution in [2.45, 2.75) is 18.8 Å². The number of anilines is 1. The first kappa shape index (κ1) is 15.1. The number of hydrogen-bond acceptors (Lipinski definition) is 7.